The van der Waals surface area contributed by atoms with E-state index in [0.29, 0.717) is 6.54 Å². The predicted octanol–water partition coefficient (Wildman–Crippen LogP) is 5.43. The molecule has 0 heterocycles. The Balaban J connectivity index is 3.30. The van der Waals surface area contributed by atoms with E-state index >= 15 is 0 Å². The quantitative estimate of drug-likeness (QED) is 0.185. The van der Waals surface area contributed by atoms with Gasteiger partial charge in [-0.15, -0.1) is 0 Å². The number of rotatable bonds is 20. The Hall–Kier alpha value is -0.170. The summed E-state index contributed by atoms with van der Waals surface area (Å²) >= 11 is 0. The Morgan fingerprint density at radius 3 is 1.33 bits per heavy atom. The average Bonchev–Trinajstić information content (AvgIpc) is 2.59. The zero-order valence-electron chi connectivity index (χ0n) is 17.8. The lowest BCUT2D eigenvalue weighted by Crippen LogP contribution is -2.44. The highest BCUT2D eigenvalue weighted by Gasteiger charge is 2.26. The van der Waals surface area contributed by atoms with Gasteiger partial charge in [-0.1, -0.05) is 103 Å². The van der Waals surface area contributed by atoms with E-state index in [2.05, 4.69) is 12.2 Å². The summed E-state index contributed by atoms with van der Waals surface area (Å²) in [7, 11) is -4.25. The topological polar surface area (TPSA) is 86.6 Å². The van der Waals surface area contributed by atoms with Crippen molar-refractivity contribution >= 4 is 10.1 Å². The third-order valence-corrected chi connectivity index (χ3v) is 6.34. The molecular weight excluding hydrogens is 362 g/mol. The van der Waals surface area contributed by atoms with Crippen LogP contribution in [-0.4, -0.2) is 36.1 Å². The molecule has 0 saturated carbocycles. The molecule has 0 radical (unpaired) electrons. The minimum atomic E-state index is -4.25. The van der Waals surface area contributed by atoms with Crippen molar-refractivity contribution in [2.45, 2.75) is 128 Å². The minimum absolute atomic E-state index is 0.494. The smallest absolute Gasteiger partial charge is 0.283 e. The third-order valence-electron chi connectivity index (χ3n) is 5.13. The van der Waals surface area contributed by atoms with Gasteiger partial charge in [-0.05, 0) is 19.9 Å². The fourth-order valence-electron chi connectivity index (χ4n) is 3.44. The van der Waals surface area contributed by atoms with E-state index < -0.39 is 21.6 Å². The fourth-order valence-corrected chi connectivity index (χ4v) is 4.27. The van der Waals surface area contributed by atoms with Crippen molar-refractivity contribution in [3.63, 3.8) is 0 Å². The molecule has 2 atom stereocenters. The van der Waals surface area contributed by atoms with Crippen LogP contribution in [0.2, 0.25) is 0 Å². The van der Waals surface area contributed by atoms with E-state index in [1.54, 1.807) is 0 Å². The lowest BCUT2D eigenvalue weighted by Gasteiger charge is -2.18. The highest BCUT2D eigenvalue weighted by atomic mass is 32.2. The maximum atomic E-state index is 11.1. The highest BCUT2D eigenvalue weighted by Crippen LogP contribution is 2.13. The van der Waals surface area contributed by atoms with Crippen molar-refractivity contribution in [2.24, 2.45) is 0 Å². The van der Waals surface area contributed by atoms with Gasteiger partial charge >= 0.3 is 0 Å². The second kappa shape index (κ2) is 17.9. The Labute approximate surface area is 168 Å². The molecule has 0 aromatic heterocycles. The summed E-state index contributed by atoms with van der Waals surface area (Å²) in [5.74, 6) is 0. The van der Waals surface area contributed by atoms with Crippen LogP contribution in [0.1, 0.15) is 117 Å². The molecular formula is C21H45NO4S. The second-order valence-corrected chi connectivity index (χ2v) is 9.47. The molecule has 27 heavy (non-hydrogen) atoms. The number of aliphatic hydroxyl groups is 1. The molecule has 164 valence electrons. The van der Waals surface area contributed by atoms with Gasteiger partial charge < -0.3 is 5.11 Å². The minimum Gasteiger partial charge on any atom is -0.391 e. The van der Waals surface area contributed by atoms with Crippen molar-refractivity contribution in [2.75, 3.05) is 6.54 Å². The van der Waals surface area contributed by atoms with Gasteiger partial charge in [0.15, 0.2) is 5.37 Å². The first kappa shape index (κ1) is 26.8. The van der Waals surface area contributed by atoms with Gasteiger partial charge in [-0.25, -0.2) is 0 Å². The summed E-state index contributed by atoms with van der Waals surface area (Å²) in [5, 5.41) is 10.8. The number of aliphatic hydroxyl groups excluding tert-OH is 1. The molecule has 0 rings (SSSR count). The molecule has 0 aliphatic heterocycles. The molecule has 0 bridgehead atoms. The Morgan fingerprint density at radius 2 is 1.04 bits per heavy atom. The summed E-state index contributed by atoms with van der Waals surface area (Å²) in [6.07, 6.45) is 19.6. The van der Waals surface area contributed by atoms with E-state index in [9.17, 15) is 13.5 Å². The summed E-state index contributed by atoms with van der Waals surface area (Å²) in [6.45, 7) is 4.12. The monoisotopic (exact) mass is 407 g/mol. The van der Waals surface area contributed by atoms with E-state index in [4.69, 9.17) is 4.55 Å². The van der Waals surface area contributed by atoms with Gasteiger partial charge in [0, 0.05) is 0 Å². The molecule has 2 unspecified atom stereocenters. The summed E-state index contributed by atoms with van der Waals surface area (Å²) in [4.78, 5) is 0. The molecule has 0 aliphatic carbocycles. The van der Waals surface area contributed by atoms with Crippen LogP contribution in [0.5, 0.6) is 0 Å². The highest BCUT2D eigenvalue weighted by molar-refractivity contribution is 7.86. The lowest BCUT2D eigenvalue weighted by atomic mass is 10.0. The van der Waals surface area contributed by atoms with Crippen LogP contribution in [0.3, 0.4) is 0 Å². The van der Waals surface area contributed by atoms with Gasteiger partial charge in [-0.2, -0.15) is 8.42 Å². The van der Waals surface area contributed by atoms with Crippen LogP contribution in [0.25, 0.3) is 0 Å². The van der Waals surface area contributed by atoms with E-state index in [1.807, 2.05) is 0 Å². The van der Waals surface area contributed by atoms with E-state index in [0.717, 1.165) is 19.3 Å². The third kappa shape index (κ3) is 17.6. The molecule has 0 aromatic rings. The number of hydrogen-bond acceptors (Lipinski definition) is 4. The summed E-state index contributed by atoms with van der Waals surface area (Å²) < 4.78 is 31.3. The van der Waals surface area contributed by atoms with Crippen molar-refractivity contribution in [1.29, 1.82) is 0 Å². The molecule has 0 fully saturated rings. The first-order valence-electron chi connectivity index (χ1n) is 11.3. The number of hydrogen-bond donors (Lipinski definition) is 3. The summed E-state index contributed by atoms with van der Waals surface area (Å²) in [6, 6.07) is 0. The van der Waals surface area contributed by atoms with Gasteiger partial charge in [-0.3, -0.25) is 9.87 Å². The average molecular weight is 408 g/mol. The van der Waals surface area contributed by atoms with Crippen LogP contribution < -0.4 is 5.32 Å². The maximum absolute atomic E-state index is 11.1. The molecule has 6 heteroatoms. The van der Waals surface area contributed by atoms with Crippen molar-refractivity contribution in [3.05, 3.63) is 0 Å². The molecule has 0 aromatic carbocycles. The zero-order valence-corrected chi connectivity index (χ0v) is 18.6. The van der Waals surface area contributed by atoms with Gasteiger partial charge in [0.1, 0.15) is 0 Å². The van der Waals surface area contributed by atoms with Crippen LogP contribution in [0, 0.1) is 0 Å². The van der Waals surface area contributed by atoms with E-state index in [1.165, 1.54) is 90.4 Å². The predicted molar refractivity (Wildman–Crippen MR) is 115 cm³/mol. The molecule has 5 nitrogen and oxygen atoms in total. The zero-order chi connectivity index (χ0) is 20.4. The molecule has 3 N–H and O–H groups in total. The standard InChI is InChI=1S/C21H45NO4S/c1-3-4-5-6-7-8-9-10-11-12-13-14-15-16-17-18-19-22-21(20(2)23)27(24,25)26/h20-23H,3-19H2,1-2H3,(H,24,25,26). The SMILES string of the molecule is CCCCCCCCCCCCCCCCCCNC(C(C)O)S(=O)(=O)O. The lowest BCUT2D eigenvalue weighted by molar-refractivity contribution is 0.170. The van der Waals surface area contributed by atoms with Crippen LogP contribution in [-0.2, 0) is 10.1 Å². The van der Waals surface area contributed by atoms with Crippen LogP contribution in [0.15, 0.2) is 0 Å². The normalized spacial score (nSPS) is 14.4. The first-order chi connectivity index (χ1) is 12.9. The van der Waals surface area contributed by atoms with Gasteiger partial charge in [0.2, 0.25) is 0 Å². The Bertz CT molecular complexity index is 412. The summed E-state index contributed by atoms with van der Waals surface area (Å²) in [5.41, 5.74) is 0. The van der Waals surface area contributed by atoms with Crippen molar-refractivity contribution in [1.82, 2.24) is 5.32 Å². The molecule has 0 saturated heterocycles. The van der Waals surface area contributed by atoms with Gasteiger partial charge in [0.05, 0.1) is 6.10 Å². The largest absolute Gasteiger partial charge is 0.391 e. The molecule has 0 aliphatic rings. The van der Waals surface area contributed by atoms with Crippen molar-refractivity contribution in [3.8, 4) is 0 Å². The Morgan fingerprint density at radius 1 is 0.704 bits per heavy atom. The molecule has 0 spiro atoms. The number of nitrogens with one attached hydrogen (secondary N) is 1. The fraction of sp³-hybridized carbons (Fsp3) is 1.00. The van der Waals surface area contributed by atoms with Crippen molar-refractivity contribution < 1.29 is 18.1 Å². The second-order valence-electron chi connectivity index (χ2n) is 7.93. The maximum Gasteiger partial charge on any atom is 0.283 e. The Kier molecular flexibility index (Phi) is 17.8. The number of unbranched alkanes of at least 4 members (excludes halogenated alkanes) is 15. The van der Waals surface area contributed by atoms with E-state index in [-0.39, 0.29) is 0 Å². The first-order valence-corrected chi connectivity index (χ1v) is 12.8. The van der Waals surface area contributed by atoms with Crippen LogP contribution >= 0.6 is 0 Å². The van der Waals surface area contributed by atoms with Gasteiger partial charge in [0.25, 0.3) is 10.1 Å². The molecule has 0 amide bonds. The van der Waals surface area contributed by atoms with Crippen LogP contribution in [0.4, 0.5) is 0 Å².